The van der Waals surface area contributed by atoms with Crippen LogP contribution in [-0.2, 0) is 4.79 Å². The number of ketones is 1. The van der Waals surface area contributed by atoms with Gasteiger partial charge in [-0.1, -0.05) is 12.2 Å². The second kappa shape index (κ2) is 2.76. The third-order valence-corrected chi connectivity index (χ3v) is 2.79. The molecule has 2 atom stereocenters. The van der Waals surface area contributed by atoms with Crippen LogP contribution in [0.2, 0.25) is 0 Å². The van der Waals surface area contributed by atoms with Crippen molar-refractivity contribution >= 4 is 5.78 Å². The summed E-state index contributed by atoms with van der Waals surface area (Å²) in [6.07, 6.45) is 5.57. The Morgan fingerprint density at radius 1 is 1.54 bits per heavy atom. The molecule has 3 nitrogen and oxygen atoms in total. The Morgan fingerprint density at radius 3 is 3.08 bits per heavy atom. The highest BCUT2D eigenvalue weighted by Crippen LogP contribution is 2.36. The Morgan fingerprint density at radius 2 is 2.31 bits per heavy atom. The Labute approximate surface area is 77.9 Å². The lowest BCUT2D eigenvalue weighted by atomic mass is 9.81. The average molecular weight is 178 g/mol. The van der Waals surface area contributed by atoms with Crippen molar-refractivity contribution in [3.05, 3.63) is 12.2 Å². The molecule has 0 fully saturated rings. The smallest absolute Gasteiger partial charge is 0.141 e. The van der Waals surface area contributed by atoms with Gasteiger partial charge in [-0.05, 0) is 20.3 Å². The molecule has 1 heterocycles. The number of carbonyl (C=O) groups is 1. The van der Waals surface area contributed by atoms with Crippen LogP contribution in [-0.4, -0.2) is 17.4 Å². The van der Waals surface area contributed by atoms with Crippen molar-refractivity contribution in [2.45, 2.75) is 38.3 Å². The highest BCUT2D eigenvalue weighted by molar-refractivity contribution is 5.84. The van der Waals surface area contributed by atoms with Gasteiger partial charge in [0, 0.05) is 6.42 Å². The van der Waals surface area contributed by atoms with Crippen molar-refractivity contribution < 1.29 is 4.79 Å². The molecular weight excluding hydrogens is 164 g/mol. The van der Waals surface area contributed by atoms with E-state index in [0.29, 0.717) is 12.2 Å². The zero-order valence-electron chi connectivity index (χ0n) is 8.03. The van der Waals surface area contributed by atoms with E-state index in [2.05, 4.69) is 10.2 Å². The summed E-state index contributed by atoms with van der Waals surface area (Å²) in [4.78, 5) is 11.8. The molecule has 0 aromatic carbocycles. The number of carbonyl (C=O) groups excluding carboxylic acids is 1. The van der Waals surface area contributed by atoms with E-state index in [9.17, 15) is 4.79 Å². The Hall–Kier alpha value is -0.990. The third kappa shape index (κ3) is 1.32. The van der Waals surface area contributed by atoms with E-state index < -0.39 is 0 Å². The van der Waals surface area contributed by atoms with E-state index in [0.717, 1.165) is 6.42 Å². The molecule has 0 saturated carbocycles. The van der Waals surface area contributed by atoms with Gasteiger partial charge >= 0.3 is 0 Å². The molecule has 0 spiro atoms. The molecule has 0 aromatic heterocycles. The second-order valence-corrected chi connectivity index (χ2v) is 4.27. The number of rotatable bonds is 0. The molecule has 13 heavy (non-hydrogen) atoms. The molecule has 2 rings (SSSR count). The molecule has 1 aliphatic carbocycles. The van der Waals surface area contributed by atoms with Crippen LogP contribution in [0.5, 0.6) is 0 Å². The van der Waals surface area contributed by atoms with Crippen LogP contribution in [0, 0.1) is 5.92 Å². The van der Waals surface area contributed by atoms with Crippen molar-refractivity contribution in [3.8, 4) is 0 Å². The summed E-state index contributed by atoms with van der Waals surface area (Å²) in [7, 11) is 0. The molecule has 0 aromatic rings. The Kier molecular flexibility index (Phi) is 1.82. The monoisotopic (exact) mass is 178 g/mol. The number of Topliss-reactive ketones (excluding diaryl/α,β-unsaturated/α-hetero) is 1. The van der Waals surface area contributed by atoms with E-state index >= 15 is 0 Å². The van der Waals surface area contributed by atoms with Gasteiger partial charge in [0.15, 0.2) is 0 Å². The van der Waals surface area contributed by atoms with Gasteiger partial charge in [-0.25, -0.2) is 0 Å². The summed E-state index contributed by atoms with van der Waals surface area (Å²) in [6.45, 7) is 3.97. The largest absolute Gasteiger partial charge is 0.299 e. The van der Waals surface area contributed by atoms with Gasteiger partial charge in [0.05, 0.1) is 11.5 Å². The van der Waals surface area contributed by atoms with Crippen molar-refractivity contribution in [1.82, 2.24) is 0 Å². The number of hydrogen-bond donors (Lipinski definition) is 0. The quantitative estimate of drug-likeness (QED) is 0.524. The molecular formula is C10H14N2O. The summed E-state index contributed by atoms with van der Waals surface area (Å²) >= 11 is 0. The van der Waals surface area contributed by atoms with Crippen molar-refractivity contribution in [3.63, 3.8) is 0 Å². The van der Waals surface area contributed by atoms with Gasteiger partial charge in [-0.3, -0.25) is 4.79 Å². The lowest BCUT2D eigenvalue weighted by Crippen LogP contribution is -2.36. The normalized spacial score (nSPS) is 36.0. The summed E-state index contributed by atoms with van der Waals surface area (Å²) in [6, 6.07) is 0.00463. The summed E-state index contributed by atoms with van der Waals surface area (Å²) in [5, 5.41) is 8.30. The maximum absolute atomic E-state index is 11.8. The van der Waals surface area contributed by atoms with Gasteiger partial charge < -0.3 is 0 Å². The molecule has 0 amide bonds. The van der Waals surface area contributed by atoms with Crippen molar-refractivity contribution in [2.75, 3.05) is 0 Å². The van der Waals surface area contributed by atoms with E-state index in [1.54, 1.807) is 0 Å². The predicted molar refractivity (Wildman–Crippen MR) is 49.6 cm³/mol. The summed E-state index contributed by atoms with van der Waals surface area (Å²) < 4.78 is 0. The van der Waals surface area contributed by atoms with Crippen molar-refractivity contribution in [1.29, 1.82) is 0 Å². The summed E-state index contributed by atoms with van der Waals surface area (Å²) in [5.41, 5.74) is -0.295. The minimum absolute atomic E-state index is 0.00463. The molecule has 2 aliphatic rings. The third-order valence-electron chi connectivity index (χ3n) is 2.79. The molecule has 2 unspecified atom stereocenters. The highest BCUT2D eigenvalue weighted by atomic mass is 16.1. The van der Waals surface area contributed by atoms with Gasteiger partial charge in [-0.15, -0.1) is 0 Å². The van der Waals surface area contributed by atoms with Gasteiger partial charge in [0.2, 0.25) is 0 Å². The fraction of sp³-hybridized carbons (Fsp3) is 0.700. The molecule has 3 heteroatoms. The zero-order chi connectivity index (χ0) is 9.47. The predicted octanol–water partition coefficient (Wildman–Crippen LogP) is 2.13. The van der Waals surface area contributed by atoms with Gasteiger partial charge in [0.25, 0.3) is 0 Å². The zero-order valence-corrected chi connectivity index (χ0v) is 8.03. The van der Waals surface area contributed by atoms with Crippen LogP contribution in [0.4, 0.5) is 0 Å². The molecule has 0 saturated heterocycles. The number of fused-ring (bicyclic) bond motifs is 1. The molecule has 1 aliphatic heterocycles. The SMILES string of the molecule is CC1(C)N=NC2C=CCCC(=O)C21. The van der Waals surface area contributed by atoms with Crippen LogP contribution in [0.25, 0.3) is 0 Å². The Bertz CT molecular complexity index is 291. The maximum atomic E-state index is 11.8. The highest BCUT2D eigenvalue weighted by Gasteiger charge is 2.44. The van der Waals surface area contributed by atoms with E-state index in [1.807, 2.05) is 26.0 Å². The first kappa shape index (κ1) is 8.60. The average Bonchev–Trinajstić information content (AvgIpc) is 2.26. The minimum atomic E-state index is -0.295. The molecule has 0 N–H and O–H groups in total. The fourth-order valence-electron chi connectivity index (χ4n) is 2.11. The fourth-order valence-corrected chi connectivity index (χ4v) is 2.11. The molecule has 0 bridgehead atoms. The first-order valence-electron chi connectivity index (χ1n) is 4.73. The van der Waals surface area contributed by atoms with E-state index in [-0.39, 0.29) is 17.5 Å². The van der Waals surface area contributed by atoms with E-state index in [4.69, 9.17) is 0 Å². The van der Waals surface area contributed by atoms with Crippen LogP contribution in [0.15, 0.2) is 22.4 Å². The number of azo groups is 1. The molecule has 0 radical (unpaired) electrons. The minimum Gasteiger partial charge on any atom is -0.299 e. The van der Waals surface area contributed by atoms with Crippen LogP contribution in [0.1, 0.15) is 26.7 Å². The lowest BCUT2D eigenvalue weighted by Gasteiger charge is -2.23. The van der Waals surface area contributed by atoms with Gasteiger partial charge in [0.1, 0.15) is 11.8 Å². The van der Waals surface area contributed by atoms with Crippen LogP contribution < -0.4 is 0 Å². The van der Waals surface area contributed by atoms with E-state index in [1.165, 1.54) is 0 Å². The maximum Gasteiger partial charge on any atom is 0.141 e. The standard InChI is InChI=1S/C10H14N2O/c1-10(2)9-7(11-12-10)5-3-4-6-8(9)13/h3,5,7,9H,4,6H2,1-2H3. The number of hydrogen-bond acceptors (Lipinski definition) is 3. The second-order valence-electron chi connectivity index (χ2n) is 4.27. The first-order chi connectivity index (χ1) is 6.11. The van der Waals surface area contributed by atoms with Crippen molar-refractivity contribution in [2.24, 2.45) is 16.1 Å². The topological polar surface area (TPSA) is 41.8 Å². The Balaban J connectivity index is 2.34. The lowest BCUT2D eigenvalue weighted by molar-refractivity contribution is -0.123. The summed E-state index contributed by atoms with van der Waals surface area (Å²) in [5.74, 6) is 0.288. The molecule has 70 valence electrons. The first-order valence-corrected chi connectivity index (χ1v) is 4.73. The van der Waals surface area contributed by atoms with Crippen LogP contribution >= 0.6 is 0 Å². The van der Waals surface area contributed by atoms with Crippen LogP contribution in [0.3, 0.4) is 0 Å². The van der Waals surface area contributed by atoms with Gasteiger partial charge in [-0.2, -0.15) is 10.2 Å². The number of allylic oxidation sites excluding steroid dienone is 1. The number of nitrogens with zero attached hydrogens (tertiary/aromatic N) is 2.